The average Bonchev–Trinajstić information content (AvgIpc) is 3.15. The quantitative estimate of drug-likeness (QED) is 0.430. The molecule has 2 heterocycles. The first-order valence-corrected chi connectivity index (χ1v) is 13.6. The van der Waals surface area contributed by atoms with E-state index in [-0.39, 0.29) is 5.41 Å². The molecular formula is C30H36N2OS. The van der Waals surface area contributed by atoms with Crippen LogP contribution in [-0.4, -0.2) is 35.7 Å². The molecule has 0 saturated heterocycles. The van der Waals surface area contributed by atoms with Crippen molar-refractivity contribution < 1.29 is 4.74 Å². The van der Waals surface area contributed by atoms with Crippen LogP contribution in [0.1, 0.15) is 45.2 Å². The van der Waals surface area contributed by atoms with E-state index in [0.717, 1.165) is 50.7 Å². The maximum Gasteiger partial charge on any atom is 0.119 e. The fourth-order valence-corrected chi connectivity index (χ4v) is 6.25. The molecule has 0 atom stereocenters. The number of hydrogen-bond acceptors (Lipinski definition) is 3. The van der Waals surface area contributed by atoms with Gasteiger partial charge in [0.25, 0.3) is 0 Å². The van der Waals surface area contributed by atoms with Crippen LogP contribution in [0, 0.1) is 5.41 Å². The highest BCUT2D eigenvalue weighted by Gasteiger charge is 2.27. The second kappa shape index (κ2) is 9.67. The molecule has 1 aliphatic carbocycles. The zero-order valence-electron chi connectivity index (χ0n) is 20.9. The van der Waals surface area contributed by atoms with E-state index in [1.165, 1.54) is 37.8 Å². The van der Waals surface area contributed by atoms with Crippen molar-refractivity contribution in [3.05, 3.63) is 70.2 Å². The summed E-state index contributed by atoms with van der Waals surface area (Å²) in [5, 5.41) is 2.84. The van der Waals surface area contributed by atoms with Gasteiger partial charge in [-0.1, -0.05) is 70.2 Å². The summed E-state index contributed by atoms with van der Waals surface area (Å²) < 4.78 is 8.58. The maximum absolute atomic E-state index is 6.02. The summed E-state index contributed by atoms with van der Waals surface area (Å²) in [6, 6.07) is 17.6. The van der Waals surface area contributed by atoms with Crippen molar-refractivity contribution in [1.29, 1.82) is 0 Å². The first-order valence-electron chi connectivity index (χ1n) is 12.6. The molecule has 0 radical (unpaired) electrons. The van der Waals surface area contributed by atoms with Crippen LogP contribution < -0.4 is 15.3 Å². The van der Waals surface area contributed by atoms with E-state index in [2.05, 4.69) is 97.8 Å². The van der Waals surface area contributed by atoms with E-state index in [1.807, 2.05) is 11.8 Å². The number of thioether (sulfide) groups is 1. The molecule has 0 saturated carbocycles. The first-order chi connectivity index (χ1) is 16.5. The molecular weight excluding hydrogens is 436 g/mol. The molecule has 3 nitrogen and oxygen atoms in total. The van der Waals surface area contributed by atoms with Crippen molar-refractivity contribution in [1.82, 2.24) is 9.47 Å². The highest BCUT2D eigenvalue weighted by Crippen LogP contribution is 2.40. The van der Waals surface area contributed by atoms with Crippen molar-refractivity contribution in [3.8, 4) is 17.0 Å². The van der Waals surface area contributed by atoms with Crippen LogP contribution in [0.3, 0.4) is 0 Å². The summed E-state index contributed by atoms with van der Waals surface area (Å²) in [6.45, 7) is 13.8. The van der Waals surface area contributed by atoms with Gasteiger partial charge in [-0.15, -0.1) is 11.8 Å². The van der Waals surface area contributed by atoms with Crippen LogP contribution in [0.15, 0.2) is 53.4 Å². The third-order valence-electron chi connectivity index (χ3n) is 7.15. The Hall–Kier alpha value is -2.43. The standard InChI is InChI=1S/C30H36N2OS/c1-5-31(6-2)17-18-33-23-13-11-22(12-14-23)20-32-27-15-16-30(3,4)19-25(27)26-21-34-28-10-8-7-9-24(28)29(26)32/h7-15,19H,5-6,16-18,20-21H2,1-4H3. The molecule has 178 valence electrons. The summed E-state index contributed by atoms with van der Waals surface area (Å²) in [6.07, 6.45) is 6.06. The lowest BCUT2D eigenvalue weighted by Crippen LogP contribution is -2.36. The summed E-state index contributed by atoms with van der Waals surface area (Å²) in [5.41, 5.74) is 5.80. The Morgan fingerprint density at radius 3 is 2.56 bits per heavy atom. The van der Waals surface area contributed by atoms with Gasteiger partial charge in [-0.2, -0.15) is 0 Å². The molecule has 0 amide bonds. The summed E-state index contributed by atoms with van der Waals surface area (Å²) >= 11 is 1.97. The van der Waals surface area contributed by atoms with Crippen LogP contribution in [0.5, 0.6) is 5.75 Å². The summed E-state index contributed by atoms with van der Waals surface area (Å²) in [7, 11) is 0. The smallest absolute Gasteiger partial charge is 0.119 e. The van der Waals surface area contributed by atoms with Crippen molar-refractivity contribution in [2.24, 2.45) is 5.41 Å². The first kappa shape index (κ1) is 23.3. The van der Waals surface area contributed by atoms with Crippen molar-refractivity contribution >= 4 is 23.9 Å². The van der Waals surface area contributed by atoms with Crippen molar-refractivity contribution in [2.75, 3.05) is 26.2 Å². The molecule has 0 bridgehead atoms. The number of benzene rings is 2. The molecule has 1 aromatic heterocycles. The number of fused-ring (bicyclic) bond motifs is 5. The molecule has 0 N–H and O–H groups in total. The van der Waals surface area contributed by atoms with Crippen LogP contribution >= 0.6 is 11.8 Å². The van der Waals surface area contributed by atoms with Gasteiger partial charge >= 0.3 is 0 Å². The van der Waals surface area contributed by atoms with Gasteiger partial charge in [-0.25, -0.2) is 0 Å². The van der Waals surface area contributed by atoms with Gasteiger partial charge in [0, 0.05) is 39.9 Å². The van der Waals surface area contributed by atoms with Crippen molar-refractivity contribution in [3.63, 3.8) is 0 Å². The molecule has 1 aliphatic heterocycles. The number of rotatable bonds is 8. The monoisotopic (exact) mass is 472 g/mol. The predicted octanol–water partition coefficient (Wildman–Crippen LogP) is 5.52. The number of aromatic nitrogens is 1. The Bertz CT molecular complexity index is 1280. The lowest BCUT2D eigenvalue weighted by atomic mass is 9.85. The molecule has 2 aromatic carbocycles. The van der Waals surface area contributed by atoms with Gasteiger partial charge in [0.1, 0.15) is 12.4 Å². The van der Waals surface area contributed by atoms with Gasteiger partial charge < -0.3 is 14.2 Å². The van der Waals surface area contributed by atoms with Crippen molar-refractivity contribution in [2.45, 2.75) is 51.3 Å². The minimum atomic E-state index is 0.207. The van der Waals surface area contributed by atoms with Gasteiger partial charge in [0.15, 0.2) is 0 Å². The van der Waals surface area contributed by atoms with Gasteiger partial charge in [0.05, 0.1) is 5.69 Å². The fraction of sp³-hybridized carbons (Fsp3) is 0.400. The SMILES string of the molecule is CCN(CC)CCOc1ccc(Cn2c3c(c4c2=CCC(C)(C)C=4)CSc2ccccc2-3)cc1. The zero-order chi connectivity index (χ0) is 23.7. The molecule has 0 fully saturated rings. The second-order valence-corrected chi connectivity index (χ2v) is 11.1. The van der Waals surface area contributed by atoms with Gasteiger partial charge in [-0.3, -0.25) is 0 Å². The molecule has 4 heteroatoms. The van der Waals surface area contributed by atoms with E-state index in [4.69, 9.17) is 4.74 Å². The molecule has 3 aromatic rings. The van der Waals surface area contributed by atoms with E-state index in [1.54, 1.807) is 0 Å². The number of ether oxygens (including phenoxy) is 1. The van der Waals surface area contributed by atoms with Crippen LogP contribution in [0.4, 0.5) is 0 Å². The number of nitrogens with zero attached hydrogens (tertiary/aromatic N) is 2. The molecule has 5 rings (SSSR count). The van der Waals surface area contributed by atoms with Crippen LogP contribution in [0.25, 0.3) is 23.4 Å². The Kier molecular flexibility index (Phi) is 6.63. The Balaban J connectivity index is 1.46. The second-order valence-electron chi connectivity index (χ2n) is 10.1. The Morgan fingerprint density at radius 1 is 1.03 bits per heavy atom. The van der Waals surface area contributed by atoms with Gasteiger partial charge in [-0.05, 0) is 54.3 Å². The third-order valence-corrected chi connectivity index (χ3v) is 8.25. The molecule has 2 aliphatic rings. The molecule has 0 spiro atoms. The number of hydrogen-bond donors (Lipinski definition) is 0. The lowest BCUT2D eigenvalue weighted by Gasteiger charge is -2.20. The fourth-order valence-electron chi connectivity index (χ4n) is 5.16. The molecule has 0 unspecified atom stereocenters. The minimum absolute atomic E-state index is 0.207. The van der Waals surface area contributed by atoms with Crippen LogP contribution in [0.2, 0.25) is 0 Å². The topological polar surface area (TPSA) is 17.4 Å². The van der Waals surface area contributed by atoms with Gasteiger partial charge in [0.2, 0.25) is 0 Å². The lowest BCUT2D eigenvalue weighted by molar-refractivity contribution is 0.223. The van der Waals surface area contributed by atoms with E-state index < -0.39 is 0 Å². The highest BCUT2D eigenvalue weighted by atomic mass is 32.2. The highest BCUT2D eigenvalue weighted by molar-refractivity contribution is 7.98. The predicted molar refractivity (Wildman–Crippen MR) is 145 cm³/mol. The normalized spacial score (nSPS) is 15.7. The van der Waals surface area contributed by atoms with E-state index in [9.17, 15) is 0 Å². The Morgan fingerprint density at radius 2 is 1.79 bits per heavy atom. The summed E-state index contributed by atoms with van der Waals surface area (Å²) in [5.74, 6) is 2.00. The maximum atomic E-state index is 6.02. The zero-order valence-corrected chi connectivity index (χ0v) is 21.8. The van der Waals surface area contributed by atoms with E-state index in [0.29, 0.717) is 0 Å². The largest absolute Gasteiger partial charge is 0.492 e. The molecule has 34 heavy (non-hydrogen) atoms. The van der Waals surface area contributed by atoms with Crippen LogP contribution in [-0.2, 0) is 12.3 Å². The summed E-state index contributed by atoms with van der Waals surface area (Å²) in [4.78, 5) is 3.78. The minimum Gasteiger partial charge on any atom is -0.492 e. The van der Waals surface area contributed by atoms with E-state index >= 15 is 0 Å². The number of likely N-dealkylation sites (N-methyl/N-ethyl adjacent to an activating group) is 1. The Labute approximate surface area is 208 Å². The average molecular weight is 473 g/mol. The third kappa shape index (κ3) is 4.58.